The number of fused-ring (bicyclic) bond motifs is 4. The number of benzene rings is 5. The number of nitrogens with zero attached hydrogens (tertiary/aromatic N) is 3. The first kappa shape index (κ1) is 22.4. The topological polar surface area (TPSA) is 57.1 Å². The molecule has 0 N–H and O–H groups in total. The van der Waals surface area contributed by atoms with Gasteiger partial charge in [-0.05, 0) is 58.3 Å². The van der Waals surface area contributed by atoms with Gasteiger partial charge in [0.25, 0.3) is 11.8 Å². The zero-order valence-electron chi connectivity index (χ0n) is 21.3. The van der Waals surface area contributed by atoms with Gasteiger partial charge in [0.2, 0.25) is 0 Å². The summed E-state index contributed by atoms with van der Waals surface area (Å²) in [5.74, 6) is 1.97. The highest BCUT2D eigenvalue weighted by atomic mass is 16.6. The van der Waals surface area contributed by atoms with Gasteiger partial charge in [0, 0.05) is 11.1 Å². The molecule has 188 valence electrons. The van der Waals surface area contributed by atoms with Gasteiger partial charge in [-0.1, -0.05) is 91.0 Å². The fourth-order valence-corrected chi connectivity index (χ4v) is 5.28. The minimum absolute atomic E-state index is 0.368. The van der Waals surface area contributed by atoms with Gasteiger partial charge in [-0.3, -0.25) is 0 Å². The predicted molar refractivity (Wildman–Crippen MR) is 158 cm³/mol. The maximum Gasteiger partial charge on any atom is 0.284 e. The molecule has 8 rings (SSSR count). The number of hydrogen-bond acceptors (Lipinski definition) is 5. The molecular formula is C35H21N3O2. The van der Waals surface area contributed by atoms with Crippen LogP contribution in [-0.4, -0.2) is 15.0 Å². The SMILES string of the molecule is c1ccc(-c2cccc(-c3ccc(-c4ccc5c(c4)Oc4nc6ccccc6nc4O5)c4ccccc34)n2)cc1. The number of ether oxygens (including phenoxy) is 2. The molecule has 5 heteroatoms. The fraction of sp³-hybridized carbons (Fsp3) is 0. The highest BCUT2D eigenvalue weighted by molar-refractivity contribution is 6.04. The second-order valence-electron chi connectivity index (χ2n) is 9.67. The lowest BCUT2D eigenvalue weighted by Gasteiger charge is -2.20. The third-order valence-electron chi connectivity index (χ3n) is 7.20. The Balaban J connectivity index is 1.20. The summed E-state index contributed by atoms with van der Waals surface area (Å²) in [5.41, 5.74) is 7.72. The lowest BCUT2D eigenvalue weighted by atomic mass is 9.93. The van der Waals surface area contributed by atoms with Gasteiger partial charge in [-0.2, -0.15) is 0 Å². The lowest BCUT2D eigenvalue weighted by Crippen LogP contribution is -2.03. The van der Waals surface area contributed by atoms with Gasteiger partial charge < -0.3 is 9.47 Å². The zero-order chi connectivity index (χ0) is 26.5. The lowest BCUT2D eigenvalue weighted by molar-refractivity contribution is 0.339. The molecule has 5 nitrogen and oxygen atoms in total. The van der Waals surface area contributed by atoms with Crippen molar-refractivity contribution in [3.63, 3.8) is 0 Å². The second-order valence-corrected chi connectivity index (χ2v) is 9.67. The van der Waals surface area contributed by atoms with E-state index in [0.717, 1.165) is 55.4 Å². The van der Waals surface area contributed by atoms with Crippen LogP contribution in [0.3, 0.4) is 0 Å². The Hall–Kier alpha value is -5.55. The highest BCUT2D eigenvalue weighted by Gasteiger charge is 2.23. The smallest absolute Gasteiger partial charge is 0.284 e. The van der Waals surface area contributed by atoms with E-state index in [2.05, 4.69) is 82.8 Å². The van der Waals surface area contributed by atoms with Crippen molar-refractivity contribution in [2.75, 3.05) is 0 Å². The molecule has 0 fully saturated rings. The van der Waals surface area contributed by atoms with Crippen molar-refractivity contribution >= 4 is 21.8 Å². The van der Waals surface area contributed by atoms with E-state index in [1.165, 1.54) is 0 Å². The van der Waals surface area contributed by atoms with Crippen LogP contribution in [-0.2, 0) is 0 Å². The van der Waals surface area contributed by atoms with E-state index in [4.69, 9.17) is 14.5 Å². The van der Waals surface area contributed by atoms with E-state index >= 15 is 0 Å². The molecule has 1 aliphatic rings. The van der Waals surface area contributed by atoms with Crippen LogP contribution in [0.15, 0.2) is 127 Å². The third-order valence-corrected chi connectivity index (χ3v) is 7.20. The summed E-state index contributed by atoms with van der Waals surface area (Å²) in [5, 5.41) is 2.27. The van der Waals surface area contributed by atoms with Crippen molar-refractivity contribution in [1.29, 1.82) is 0 Å². The van der Waals surface area contributed by atoms with E-state index in [1.807, 2.05) is 54.6 Å². The van der Waals surface area contributed by atoms with E-state index < -0.39 is 0 Å². The number of para-hydroxylation sites is 2. The quantitative estimate of drug-likeness (QED) is 0.235. The van der Waals surface area contributed by atoms with Crippen LogP contribution in [0.5, 0.6) is 23.3 Å². The first-order valence-electron chi connectivity index (χ1n) is 13.1. The Labute approximate surface area is 230 Å². The first-order valence-corrected chi connectivity index (χ1v) is 13.1. The number of aromatic nitrogens is 3. The van der Waals surface area contributed by atoms with Crippen molar-refractivity contribution in [3.8, 4) is 56.9 Å². The second kappa shape index (κ2) is 9.03. The number of rotatable bonds is 3. The summed E-state index contributed by atoms with van der Waals surface area (Å²) < 4.78 is 12.3. The molecule has 0 atom stereocenters. The summed E-state index contributed by atoms with van der Waals surface area (Å²) in [6.07, 6.45) is 0. The van der Waals surface area contributed by atoms with Gasteiger partial charge in [0.1, 0.15) is 0 Å². The Morgan fingerprint density at radius 3 is 1.80 bits per heavy atom. The van der Waals surface area contributed by atoms with E-state index in [1.54, 1.807) is 0 Å². The van der Waals surface area contributed by atoms with E-state index in [0.29, 0.717) is 23.3 Å². The fourth-order valence-electron chi connectivity index (χ4n) is 5.28. The zero-order valence-corrected chi connectivity index (χ0v) is 21.3. The summed E-state index contributed by atoms with van der Waals surface area (Å²) >= 11 is 0. The molecule has 0 bridgehead atoms. The summed E-state index contributed by atoms with van der Waals surface area (Å²) in [7, 11) is 0. The maximum absolute atomic E-state index is 6.20. The van der Waals surface area contributed by atoms with Crippen LogP contribution in [0, 0.1) is 0 Å². The van der Waals surface area contributed by atoms with Crippen LogP contribution in [0.1, 0.15) is 0 Å². The Kier molecular flexibility index (Phi) is 5.07. The molecule has 0 unspecified atom stereocenters. The van der Waals surface area contributed by atoms with Crippen molar-refractivity contribution < 1.29 is 9.47 Å². The predicted octanol–water partition coefficient (Wildman–Crippen LogP) is 9.08. The van der Waals surface area contributed by atoms with Crippen molar-refractivity contribution in [2.45, 2.75) is 0 Å². The van der Waals surface area contributed by atoms with Crippen molar-refractivity contribution in [3.05, 3.63) is 127 Å². The van der Waals surface area contributed by atoms with Gasteiger partial charge in [0.05, 0.1) is 22.4 Å². The molecule has 1 aliphatic heterocycles. The molecular weight excluding hydrogens is 494 g/mol. The number of pyridine rings is 1. The Morgan fingerprint density at radius 2 is 1.02 bits per heavy atom. The van der Waals surface area contributed by atoms with Gasteiger partial charge in [-0.15, -0.1) is 0 Å². The van der Waals surface area contributed by atoms with E-state index in [-0.39, 0.29) is 0 Å². The molecule has 0 amide bonds. The summed E-state index contributed by atoms with van der Waals surface area (Å²) in [4.78, 5) is 14.2. The maximum atomic E-state index is 6.20. The summed E-state index contributed by atoms with van der Waals surface area (Å²) in [6.45, 7) is 0. The van der Waals surface area contributed by atoms with Crippen LogP contribution in [0.2, 0.25) is 0 Å². The van der Waals surface area contributed by atoms with E-state index in [9.17, 15) is 0 Å². The minimum atomic E-state index is 0.368. The molecule has 2 aromatic heterocycles. The first-order chi connectivity index (χ1) is 19.8. The molecule has 3 heterocycles. The minimum Gasteiger partial charge on any atom is -0.431 e. The van der Waals surface area contributed by atoms with Crippen molar-refractivity contribution in [1.82, 2.24) is 15.0 Å². The Bertz CT molecular complexity index is 2070. The summed E-state index contributed by atoms with van der Waals surface area (Å²) in [6, 6.07) is 42.9. The molecule has 0 radical (unpaired) electrons. The Morgan fingerprint density at radius 1 is 0.400 bits per heavy atom. The van der Waals surface area contributed by atoms with Crippen LogP contribution in [0.25, 0.3) is 55.4 Å². The molecule has 7 aromatic rings. The van der Waals surface area contributed by atoms with Gasteiger partial charge >= 0.3 is 0 Å². The van der Waals surface area contributed by atoms with Gasteiger partial charge in [-0.25, -0.2) is 15.0 Å². The average Bonchev–Trinajstić information content (AvgIpc) is 3.02. The number of hydrogen-bond donors (Lipinski definition) is 0. The molecule has 0 saturated carbocycles. The van der Waals surface area contributed by atoms with Crippen molar-refractivity contribution in [2.24, 2.45) is 0 Å². The van der Waals surface area contributed by atoms with Crippen LogP contribution >= 0.6 is 0 Å². The standard InChI is InChI=1S/C35H21N3O2/c1-2-9-22(10-3-1)28-15-8-16-29(36-28)27-19-18-24(25-11-4-5-12-26(25)27)23-17-20-32-33(21-23)40-35-34(39-32)37-30-13-6-7-14-31(30)38-35/h1-21H. The largest absolute Gasteiger partial charge is 0.431 e. The third kappa shape index (κ3) is 3.76. The molecule has 40 heavy (non-hydrogen) atoms. The van der Waals surface area contributed by atoms with Crippen LogP contribution in [0.4, 0.5) is 0 Å². The molecule has 5 aromatic carbocycles. The molecule has 0 saturated heterocycles. The van der Waals surface area contributed by atoms with Gasteiger partial charge in [0.15, 0.2) is 11.5 Å². The molecule has 0 spiro atoms. The monoisotopic (exact) mass is 515 g/mol. The molecule has 0 aliphatic carbocycles. The highest BCUT2D eigenvalue weighted by Crippen LogP contribution is 2.46. The average molecular weight is 516 g/mol. The normalized spacial score (nSPS) is 11.9. The van der Waals surface area contributed by atoms with Crippen LogP contribution < -0.4 is 9.47 Å².